The van der Waals surface area contributed by atoms with Gasteiger partial charge >= 0.3 is 5.97 Å². The molecule has 1 aromatic carbocycles. The Morgan fingerprint density at radius 2 is 2.00 bits per heavy atom. The number of benzene rings is 1. The van der Waals surface area contributed by atoms with E-state index >= 15 is 0 Å². The minimum absolute atomic E-state index is 0.0531. The average molecular weight is 334 g/mol. The van der Waals surface area contributed by atoms with Gasteiger partial charge in [0.2, 0.25) is 0 Å². The number of hydrogen-bond acceptors (Lipinski definition) is 7. The summed E-state index contributed by atoms with van der Waals surface area (Å²) in [5.74, 6) is -0.723. The molecule has 24 heavy (non-hydrogen) atoms. The van der Waals surface area contributed by atoms with Crippen LogP contribution < -0.4 is 15.2 Å². The van der Waals surface area contributed by atoms with Crippen molar-refractivity contribution in [1.82, 2.24) is 0 Å². The number of carbonyl (C=O) groups excluding carboxylic acids is 2. The van der Waals surface area contributed by atoms with E-state index in [-0.39, 0.29) is 25.4 Å². The number of ether oxygens (including phenoxy) is 4. The van der Waals surface area contributed by atoms with Gasteiger partial charge in [-0.1, -0.05) is 6.07 Å². The minimum atomic E-state index is -0.748. The lowest BCUT2D eigenvalue weighted by atomic mass is 10.1. The molecule has 1 aromatic rings. The average Bonchev–Trinajstić information content (AvgIpc) is 2.58. The number of methoxy groups -OCH3 is 2. The summed E-state index contributed by atoms with van der Waals surface area (Å²) in [6, 6.07) is 6.47. The molecule has 0 atom stereocenters. The third-order valence-corrected chi connectivity index (χ3v) is 2.73. The van der Waals surface area contributed by atoms with Crippen molar-refractivity contribution in [3.8, 4) is 17.6 Å². The third kappa shape index (κ3) is 5.98. The molecule has 8 nitrogen and oxygen atoms in total. The Labute approximate surface area is 139 Å². The number of hydrogen-bond donors (Lipinski definition) is 1. The maximum absolute atomic E-state index is 11.8. The van der Waals surface area contributed by atoms with Crippen LogP contribution in [0.1, 0.15) is 5.56 Å². The molecule has 0 spiro atoms. The molecule has 0 bridgehead atoms. The third-order valence-electron chi connectivity index (χ3n) is 2.73. The van der Waals surface area contributed by atoms with Crippen LogP contribution in [0.25, 0.3) is 6.08 Å². The lowest BCUT2D eigenvalue weighted by Gasteiger charge is -2.10. The first-order valence-electron chi connectivity index (χ1n) is 6.88. The Kier molecular flexibility index (Phi) is 7.81. The number of primary amides is 1. The fourth-order valence-electron chi connectivity index (χ4n) is 1.64. The number of esters is 1. The van der Waals surface area contributed by atoms with E-state index < -0.39 is 11.9 Å². The topological polar surface area (TPSA) is 121 Å². The zero-order valence-corrected chi connectivity index (χ0v) is 13.4. The number of nitriles is 1. The number of carbonyl (C=O) groups is 2. The molecule has 0 unspecified atom stereocenters. The summed E-state index contributed by atoms with van der Waals surface area (Å²) < 4.78 is 20.0. The van der Waals surface area contributed by atoms with E-state index in [1.165, 1.54) is 20.3 Å². The standard InChI is InChI=1S/C16H18N2O6/c1-21-5-6-23-16(20)12(9-17)7-11-3-4-13(14(8-11)22-2)24-10-15(18)19/h3-4,7-8H,5-6,10H2,1-2H3,(H2,18,19). The lowest BCUT2D eigenvalue weighted by Crippen LogP contribution is -2.20. The van der Waals surface area contributed by atoms with Gasteiger partial charge in [-0.25, -0.2) is 4.79 Å². The van der Waals surface area contributed by atoms with Gasteiger partial charge in [0.25, 0.3) is 5.91 Å². The van der Waals surface area contributed by atoms with Crippen molar-refractivity contribution >= 4 is 18.0 Å². The largest absolute Gasteiger partial charge is 0.493 e. The van der Waals surface area contributed by atoms with Gasteiger partial charge in [0, 0.05) is 7.11 Å². The van der Waals surface area contributed by atoms with E-state index in [0.29, 0.717) is 17.1 Å². The van der Waals surface area contributed by atoms with Crippen LogP contribution in [0, 0.1) is 11.3 Å². The summed E-state index contributed by atoms with van der Waals surface area (Å²) in [6.07, 6.45) is 1.36. The summed E-state index contributed by atoms with van der Waals surface area (Å²) in [7, 11) is 2.90. The SMILES string of the molecule is COCCOC(=O)C(C#N)=Cc1ccc(OCC(N)=O)c(OC)c1. The molecule has 1 amide bonds. The molecule has 0 saturated heterocycles. The molecule has 0 aromatic heterocycles. The maximum Gasteiger partial charge on any atom is 0.348 e. The van der Waals surface area contributed by atoms with E-state index in [4.69, 9.17) is 29.9 Å². The molecular weight excluding hydrogens is 316 g/mol. The lowest BCUT2D eigenvalue weighted by molar-refractivity contribution is -0.139. The van der Waals surface area contributed by atoms with Gasteiger partial charge in [0.05, 0.1) is 13.7 Å². The molecule has 1 rings (SSSR count). The Hall–Kier alpha value is -3.05. The smallest absolute Gasteiger partial charge is 0.348 e. The van der Waals surface area contributed by atoms with Gasteiger partial charge in [-0.2, -0.15) is 5.26 Å². The van der Waals surface area contributed by atoms with Crippen LogP contribution in [0.2, 0.25) is 0 Å². The van der Waals surface area contributed by atoms with Crippen LogP contribution >= 0.6 is 0 Å². The highest BCUT2D eigenvalue weighted by molar-refractivity contribution is 5.98. The fourth-order valence-corrected chi connectivity index (χ4v) is 1.64. The van der Waals surface area contributed by atoms with Gasteiger partial charge in [-0.3, -0.25) is 4.79 Å². The monoisotopic (exact) mass is 334 g/mol. The van der Waals surface area contributed by atoms with Crippen molar-refractivity contribution in [1.29, 1.82) is 5.26 Å². The fraction of sp³-hybridized carbons (Fsp3) is 0.312. The van der Waals surface area contributed by atoms with Crippen LogP contribution in [-0.2, 0) is 19.1 Å². The summed E-state index contributed by atoms with van der Waals surface area (Å²) in [4.78, 5) is 22.5. The van der Waals surface area contributed by atoms with Crippen LogP contribution in [0.4, 0.5) is 0 Å². The zero-order valence-electron chi connectivity index (χ0n) is 13.4. The number of amides is 1. The molecule has 0 heterocycles. The number of nitrogens with zero attached hydrogens (tertiary/aromatic N) is 1. The maximum atomic E-state index is 11.8. The van der Waals surface area contributed by atoms with Crippen molar-refractivity contribution in [3.63, 3.8) is 0 Å². The highest BCUT2D eigenvalue weighted by Crippen LogP contribution is 2.29. The molecule has 0 aliphatic carbocycles. The Morgan fingerprint density at radius 3 is 2.58 bits per heavy atom. The van der Waals surface area contributed by atoms with Gasteiger partial charge < -0.3 is 24.7 Å². The molecular formula is C16H18N2O6. The summed E-state index contributed by atoms with van der Waals surface area (Å²) in [6.45, 7) is 0.00254. The number of nitrogens with two attached hydrogens (primary N) is 1. The molecule has 0 radical (unpaired) electrons. The van der Waals surface area contributed by atoms with Gasteiger partial charge in [0.15, 0.2) is 18.1 Å². The van der Waals surface area contributed by atoms with E-state index in [1.54, 1.807) is 24.3 Å². The normalized spacial score (nSPS) is 10.6. The van der Waals surface area contributed by atoms with Crippen molar-refractivity contribution in [2.24, 2.45) is 5.73 Å². The molecule has 0 aliphatic heterocycles. The van der Waals surface area contributed by atoms with Gasteiger partial charge in [0.1, 0.15) is 18.2 Å². The van der Waals surface area contributed by atoms with E-state index in [2.05, 4.69) is 0 Å². The quantitative estimate of drug-likeness (QED) is 0.305. The van der Waals surface area contributed by atoms with Crippen molar-refractivity contribution in [2.45, 2.75) is 0 Å². The highest BCUT2D eigenvalue weighted by atomic mass is 16.6. The van der Waals surface area contributed by atoms with Gasteiger partial charge in [-0.15, -0.1) is 0 Å². The van der Waals surface area contributed by atoms with Crippen molar-refractivity contribution in [3.05, 3.63) is 29.3 Å². The van der Waals surface area contributed by atoms with E-state index in [1.807, 2.05) is 0 Å². The second kappa shape index (κ2) is 9.86. The zero-order chi connectivity index (χ0) is 17.9. The second-order valence-electron chi connectivity index (χ2n) is 4.46. The highest BCUT2D eigenvalue weighted by Gasteiger charge is 2.12. The first kappa shape index (κ1) is 19.0. The molecule has 128 valence electrons. The first-order chi connectivity index (χ1) is 11.5. The van der Waals surface area contributed by atoms with Crippen molar-refractivity contribution < 1.29 is 28.5 Å². The summed E-state index contributed by atoms with van der Waals surface area (Å²) in [5, 5.41) is 9.08. The Morgan fingerprint density at radius 1 is 1.25 bits per heavy atom. The molecule has 0 aliphatic rings. The van der Waals surface area contributed by atoms with Crippen LogP contribution in [-0.4, -0.2) is 45.9 Å². The minimum Gasteiger partial charge on any atom is -0.493 e. The first-order valence-corrected chi connectivity index (χ1v) is 6.88. The predicted octanol–water partition coefficient (Wildman–Crippen LogP) is 0.656. The van der Waals surface area contributed by atoms with Crippen molar-refractivity contribution in [2.75, 3.05) is 34.0 Å². The number of rotatable bonds is 9. The summed E-state index contributed by atoms with van der Waals surface area (Å²) >= 11 is 0. The van der Waals surface area contributed by atoms with Crippen LogP contribution in [0.5, 0.6) is 11.5 Å². The molecule has 2 N–H and O–H groups in total. The Balaban J connectivity index is 2.93. The second-order valence-corrected chi connectivity index (χ2v) is 4.46. The molecule has 8 heteroatoms. The predicted molar refractivity (Wildman–Crippen MR) is 84.1 cm³/mol. The Bertz CT molecular complexity index is 663. The van der Waals surface area contributed by atoms with Crippen LogP contribution in [0.15, 0.2) is 23.8 Å². The van der Waals surface area contributed by atoms with Crippen LogP contribution in [0.3, 0.4) is 0 Å². The van der Waals surface area contributed by atoms with E-state index in [9.17, 15) is 9.59 Å². The van der Waals surface area contributed by atoms with E-state index in [0.717, 1.165) is 0 Å². The summed E-state index contributed by atoms with van der Waals surface area (Å²) in [5.41, 5.74) is 5.38. The molecule has 0 saturated carbocycles. The van der Waals surface area contributed by atoms with Gasteiger partial charge in [-0.05, 0) is 23.8 Å². The molecule has 0 fully saturated rings.